The zero-order valence-electron chi connectivity index (χ0n) is 9.07. The zero-order chi connectivity index (χ0) is 12.1. The summed E-state index contributed by atoms with van der Waals surface area (Å²) in [4.78, 5) is 10.8. The molecule has 0 radical (unpaired) electrons. The van der Waals surface area contributed by atoms with E-state index in [9.17, 15) is 4.79 Å². The monoisotopic (exact) mass is 242 g/mol. The molecule has 1 aromatic carbocycles. The van der Waals surface area contributed by atoms with E-state index in [1.807, 2.05) is 6.07 Å². The summed E-state index contributed by atoms with van der Waals surface area (Å²) in [6.45, 7) is 2.23. The number of ether oxygens (including phenoxy) is 1. The molecule has 0 heterocycles. The van der Waals surface area contributed by atoms with E-state index in [0.29, 0.717) is 17.3 Å². The van der Waals surface area contributed by atoms with Gasteiger partial charge in [0, 0.05) is 12.1 Å². The van der Waals surface area contributed by atoms with Crippen LogP contribution < -0.4 is 16.2 Å². The first-order valence-electron chi connectivity index (χ1n) is 4.95. The molecule has 1 rings (SSSR count). The number of halogens is 1. The maximum Gasteiger partial charge on any atom is 0.223 e. The fraction of sp³-hybridized carbons (Fsp3) is 0.364. The maximum absolute atomic E-state index is 10.8. The molecule has 0 spiro atoms. The summed E-state index contributed by atoms with van der Waals surface area (Å²) in [6.07, 6.45) is 0. The van der Waals surface area contributed by atoms with Gasteiger partial charge in [0.25, 0.3) is 0 Å². The normalized spacial score (nSPS) is 12.2. The number of carbonyl (C=O) groups is 1. The lowest BCUT2D eigenvalue weighted by molar-refractivity contribution is -0.122. The molecular weight excluding hydrogens is 228 g/mol. The van der Waals surface area contributed by atoms with E-state index < -0.39 is 5.91 Å². The van der Waals surface area contributed by atoms with Crippen LogP contribution in [0.2, 0.25) is 5.02 Å². The molecule has 4 nitrogen and oxygen atoms in total. The molecule has 0 saturated carbocycles. The highest BCUT2D eigenvalue weighted by molar-refractivity contribution is 6.32. The van der Waals surface area contributed by atoms with E-state index in [0.717, 1.165) is 5.56 Å². The van der Waals surface area contributed by atoms with Crippen LogP contribution in [0, 0.1) is 5.92 Å². The third-order valence-electron chi connectivity index (χ3n) is 2.23. The number of benzene rings is 1. The van der Waals surface area contributed by atoms with E-state index in [-0.39, 0.29) is 12.5 Å². The molecule has 1 unspecified atom stereocenters. The molecule has 16 heavy (non-hydrogen) atoms. The lowest BCUT2D eigenvalue weighted by atomic mass is 10.2. The summed E-state index contributed by atoms with van der Waals surface area (Å²) in [6, 6.07) is 5.34. The molecule has 4 N–H and O–H groups in total. The summed E-state index contributed by atoms with van der Waals surface area (Å²) in [7, 11) is 0. The highest BCUT2D eigenvalue weighted by atomic mass is 35.5. The lowest BCUT2D eigenvalue weighted by Crippen LogP contribution is -2.26. The Labute approximate surface area is 99.5 Å². The predicted molar refractivity (Wildman–Crippen MR) is 63.2 cm³/mol. The molecule has 0 aromatic heterocycles. The Morgan fingerprint density at radius 3 is 2.81 bits per heavy atom. The van der Waals surface area contributed by atoms with Gasteiger partial charge >= 0.3 is 0 Å². The van der Waals surface area contributed by atoms with Crippen molar-refractivity contribution in [1.82, 2.24) is 0 Å². The number of carbonyl (C=O) groups excluding carboxylic acids is 1. The van der Waals surface area contributed by atoms with E-state index in [4.69, 9.17) is 27.8 Å². The summed E-state index contributed by atoms with van der Waals surface area (Å²) >= 11 is 5.97. The molecule has 1 atom stereocenters. The number of primary amides is 1. The van der Waals surface area contributed by atoms with Crippen molar-refractivity contribution >= 4 is 17.5 Å². The Morgan fingerprint density at radius 2 is 2.25 bits per heavy atom. The molecule has 0 bridgehead atoms. The van der Waals surface area contributed by atoms with Crippen molar-refractivity contribution in [3.63, 3.8) is 0 Å². The number of hydrogen-bond acceptors (Lipinski definition) is 3. The minimum Gasteiger partial charge on any atom is -0.491 e. The third-order valence-corrected chi connectivity index (χ3v) is 2.53. The highest BCUT2D eigenvalue weighted by Crippen LogP contribution is 2.28. The number of amides is 1. The second-order valence-corrected chi connectivity index (χ2v) is 3.95. The van der Waals surface area contributed by atoms with Gasteiger partial charge in [-0.25, -0.2) is 0 Å². The molecule has 5 heteroatoms. The van der Waals surface area contributed by atoms with Crippen LogP contribution in [0.4, 0.5) is 0 Å². The summed E-state index contributed by atoms with van der Waals surface area (Å²) in [5, 5.41) is 0.486. The fourth-order valence-corrected chi connectivity index (χ4v) is 1.42. The van der Waals surface area contributed by atoms with E-state index in [1.165, 1.54) is 0 Å². The van der Waals surface area contributed by atoms with Gasteiger partial charge in [0.1, 0.15) is 5.75 Å². The molecule has 88 valence electrons. The van der Waals surface area contributed by atoms with Gasteiger partial charge in [-0.05, 0) is 6.07 Å². The third kappa shape index (κ3) is 3.12. The highest BCUT2D eigenvalue weighted by Gasteiger charge is 2.12. The largest absolute Gasteiger partial charge is 0.491 e. The zero-order valence-corrected chi connectivity index (χ0v) is 9.83. The van der Waals surface area contributed by atoms with Gasteiger partial charge in [-0.2, -0.15) is 0 Å². The quantitative estimate of drug-likeness (QED) is 0.817. The van der Waals surface area contributed by atoms with Crippen LogP contribution in [0.25, 0.3) is 0 Å². The topological polar surface area (TPSA) is 78.3 Å². The summed E-state index contributed by atoms with van der Waals surface area (Å²) in [5.74, 6) is -0.233. The SMILES string of the molecule is CC(COc1c(Cl)cccc1CN)C(N)=O. The van der Waals surface area contributed by atoms with E-state index >= 15 is 0 Å². The number of rotatable bonds is 5. The molecular formula is C11H15ClN2O2. The van der Waals surface area contributed by atoms with Crippen LogP contribution in [0.15, 0.2) is 18.2 Å². The molecule has 0 saturated heterocycles. The van der Waals surface area contributed by atoms with Crippen LogP contribution in [-0.2, 0) is 11.3 Å². The van der Waals surface area contributed by atoms with Crippen LogP contribution in [0.1, 0.15) is 12.5 Å². The minimum atomic E-state index is -0.402. The molecule has 0 fully saturated rings. The van der Waals surface area contributed by atoms with E-state index in [1.54, 1.807) is 19.1 Å². The van der Waals surface area contributed by atoms with Crippen LogP contribution >= 0.6 is 11.6 Å². The van der Waals surface area contributed by atoms with E-state index in [2.05, 4.69) is 0 Å². The first-order chi connectivity index (χ1) is 7.56. The lowest BCUT2D eigenvalue weighted by Gasteiger charge is -2.14. The first-order valence-corrected chi connectivity index (χ1v) is 5.33. The number of nitrogens with two attached hydrogens (primary N) is 2. The first kappa shape index (κ1) is 12.8. The molecule has 1 amide bonds. The van der Waals surface area contributed by atoms with Gasteiger partial charge in [0.15, 0.2) is 0 Å². The predicted octanol–water partition coefficient (Wildman–Crippen LogP) is 1.30. The Hall–Kier alpha value is -1.26. The molecule has 1 aromatic rings. The second kappa shape index (κ2) is 5.72. The van der Waals surface area contributed by atoms with Crippen LogP contribution in [0.5, 0.6) is 5.75 Å². The average Bonchev–Trinajstić information content (AvgIpc) is 2.26. The van der Waals surface area contributed by atoms with Crippen molar-refractivity contribution in [3.05, 3.63) is 28.8 Å². The van der Waals surface area contributed by atoms with Gasteiger partial charge < -0.3 is 16.2 Å². The number of hydrogen-bond donors (Lipinski definition) is 2. The molecule has 0 aliphatic rings. The van der Waals surface area contributed by atoms with Crippen molar-refractivity contribution in [2.75, 3.05) is 6.61 Å². The molecule has 0 aliphatic carbocycles. The Kier molecular flexibility index (Phi) is 4.58. The summed E-state index contributed by atoms with van der Waals surface area (Å²) < 4.78 is 5.47. The summed E-state index contributed by atoms with van der Waals surface area (Å²) in [5.41, 5.74) is 11.5. The van der Waals surface area contributed by atoms with Crippen LogP contribution in [0.3, 0.4) is 0 Å². The van der Waals surface area contributed by atoms with Gasteiger partial charge in [0.05, 0.1) is 17.5 Å². The van der Waals surface area contributed by atoms with Gasteiger partial charge in [0.2, 0.25) is 5.91 Å². The standard InChI is InChI=1S/C11H15ClN2O2/c1-7(11(14)15)6-16-10-8(5-13)3-2-4-9(10)12/h2-4,7H,5-6,13H2,1H3,(H2,14,15). The van der Waals surface area contributed by atoms with Crippen molar-refractivity contribution in [2.24, 2.45) is 17.4 Å². The smallest absolute Gasteiger partial charge is 0.223 e. The Bertz CT molecular complexity index is 382. The van der Waals surface area contributed by atoms with Gasteiger partial charge in [-0.3, -0.25) is 4.79 Å². The van der Waals surface area contributed by atoms with Crippen molar-refractivity contribution in [2.45, 2.75) is 13.5 Å². The van der Waals surface area contributed by atoms with Crippen molar-refractivity contribution in [1.29, 1.82) is 0 Å². The van der Waals surface area contributed by atoms with Gasteiger partial charge in [-0.15, -0.1) is 0 Å². The molecule has 0 aliphatic heterocycles. The van der Waals surface area contributed by atoms with Crippen LogP contribution in [-0.4, -0.2) is 12.5 Å². The Morgan fingerprint density at radius 1 is 1.56 bits per heavy atom. The second-order valence-electron chi connectivity index (χ2n) is 3.55. The van der Waals surface area contributed by atoms with Crippen molar-refractivity contribution in [3.8, 4) is 5.75 Å². The maximum atomic E-state index is 10.8. The fourth-order valence-electron chi connectivity index (χ4n) is 1.17. The number of para-hydroxylation sites is 1. The minimum absolute atomic E-state index is 0.200. The Balaban J connectivity index is 2.76. The van der Waals surface area contributed by atoms with Gasteiger partial charge in [-0.1, -0.05) is 30.7 Å². The van der Waals surface area contributed by atoms with Crippen molar-refractivity contribution < 1.29 is 9.53 Å². The average molecular weight is 243 g/mol.